The van der Waals surface area contributed by atoms with Crippen molar-refractivity contribution >= 4 is 0 Å². The third-order valence-corrected chi connectivity index (χ3v) is 3.70. The van der Waals surface area contributed by atoms with Gasteiger partial charge in [0.1, 0.15) is 0 Å². The van der Waals surface area contributed by atoms with Crippen LogP contribution in [0, 0.1) is 5.92 Å². The summed E-state index contributed by atoms with van der Waals surface area (Å²) in [6, 6.07) is 0. The maximum atomic E-state index is 5.80. The monoisotopic (exact) mass is 257 g/mol. The summed E-state index contributed by atoms with van der Waals surface area (Å²) in [5.74, 6) is 0.840. The second-order valence-corrected chi connectivity index (χ2v) is 5.38. The molecule has 0 atom stereocenters. The Morgan fingerprint density at radius 1 is 0.944 bits per heavy atom. The smallest absolute Gasteiger partial charge is 0.0587 e. The summed E-state index contributed by atoms with van der Waals surface area (Å²) in [5.41, 5.74) is 0. The average molecular weight is 257 g/mol. The molecule has 3 heteroatoms. The van der Waals surface area contributed by atoms with Crippen LogP contribution in [-0.4, -0.2) is 40.0 Å². The van der Waals surface area contributed by atoms with Crippen LogP contribution >= 0.6 is 0 Å². The molecule has 0 saturated heterocycles. The summed E-state index contributed by atoms with van der Waals surface area (Å²) in [7, 11) is 1.74. The van der Waals surface area contributed by atoms with Crippen LogP contribution in [0.15, 0.2) is 0 Å². The lowest BCUT2D eigenvalue weighted by atomic mass is 10.0. The largest absolute Gasteiger partial charge is 0.383 e. The van der Waals surface area contributed by atoms with Gasteiger partial charge >= 0.3 is 0 Å². The number of methoxy groups -OCH3 is 1. The van der Waals surface area contributed by atoms with Crippen LogP contribution in [0.4, 0.5) is 0 Å². The molecule has 0 aromatic carbocycles. The van der Waals surface area contributed by atoms with Crippen molar-refractivity contribution in [3.8, 4) is 0 Å². The normalized spacial score (nSPS) is 17.8. The molecular weight excluding hydrogens is 226 g/mol. The van der Waals surface area contributed by atoms with Crippen molar-refractivity contribution in [3.63, 3.8) is 0 Å². The predicted octanol–water partition coefficient (Wildman–Crippen LogP) is 2.99. The number of rotatable bonds is 10. The Morgan fingerprint density at radius 3 is 2.44 bits per heavy atom. The minimum Gasteiger partial charge on any atom is -0.383 e. The average Bonchev–Trinajstić information content (AvgIpc) is 2.65. The molecule has 0 spiro atoms. The van der Waals surface area contributed by atoms with Gasteiger partial charge < -0.3 is 14.8 Å². The van der Waals surface area contributed by atoms with Crippen molar-refractivity contribution in [1.29, 1.82) is 0 Å². The molecular formula is C15H31NO2. The van der Waals surface area contributed by atoms with Gasteiger partial charge in [-0.1, -0.05) is 25.7 Å². The van der Waals surface area contributed by atoms with Crippen LogP contribution in [0.3, 0.4) is 0 Å². The van der Waals surface area contributed by atoms with Crippen molar-refractivity contribution in [2.24, 2.45) is 5.92 Å². The standard InChI is InChI=1S/C15H31NO2/c1-17-13-11-16-10-6-7-12-18-14-15-8-4-2-3-5-9-15/h15-16H,2-14H2,1H3. The summed E-state index contributed by atoms with van der Waals surface area (Å²) in [6.45, 7) is 4.77. The highest BCUT2D eigenvalue weighted by Gasteiger charge is 2.11. The summed E-state index contributed by atoms with van der Waals surface area (Å²) in [4.78, 5) is 0. The third-order valence-electron chi connectivity index (χ3n) is 3.70. The highest BCUT2D eigenvalue weighted by Crippen LogP contribution is 2.22. The van der Waals surface area contributed by atoms with Gasteiger partial charge in [-0.05, 0) is 38.1 Å². The van der Waals surface area contributed by atoms with Gasteiger partial charge in [0.2, 0.25) is 0 Å². The van der Waals surface area contributed by atoms with Crippen molar-refractivity contribution < 1.29 is 9.47 Å². The second-order valence-electron chi connectivity index (χ2n) is 5.38. The van der Waals surface area contributed by atoms with Crippen LogP contribution < -0.4 is 5.32 Å². The first-order chi connectivity index (χ1) is 8.93. The number of hydrogen-bond acceptors (Lipinski definition) is 3. The van der Waals surface area contributed by atoms with Crippen LogP contribution in [0.2, 0.25) is 0 Å². The van der Waals surface area contributed by atoms with Gasteiger partial charge in [-0.2, -0.15) is 0 Å². The zero-order valence-corrected chi connectivity index (χ0v) is 12.1. The highest BCUT2D eigenvalue weighted by molar-refractivity contribution is 4.63. The zero-order valence-electron chi connectivity index (χ0n) is 12.1. The first-order valence-electron chi connectivity index (χ1n) is 7.71. The fraction of sp³-hybridized carbons (Fsp3) is 1.00. The molecule has 108 valence electrons. The zero-order chi connectivity index (χ0) is 12.9. The molecule has 0 radical (unpaired) electrons. The number of hydrogen-bond donors (Lipinski definition) is 1. The lowest BCUT2D eigenvalue weighted by Gasteiger charge is -2.14. The summed E-state index contributed by atoms with van der Waals surface area (Å²) in [6.07, 6.45) is 10.8. The maximum absolute atomic E-state index is 5.80. The number of ether oxygens (including phenoxy) is 2. The van der Waals surface area contributed by atoms with E-state index < -0.39 is 0 Å². The van der Waals surface area contributed by atoms with Gasteiger partial charge in [0.25, 0.3) is 0 Å². The lowest BCUT2D eigenvalue weighted by Crippen LogP contribution is -2.20. The molecule has 1 fully saturated rings. The second kappa shape index (κ2) is 11.9. The molecule has 0 unspecified atom stereocenters. The van der Waals surface area contributed by atoms with Gasteiger partial charge in [-0.25, -0.2) is 0 Å². The Bertz CT molecular complexity index is 168. The fourth-order valence-corrected chi connectivity index (χ4v) is 2.53. The summed E-state index contributed by atoms with van der Waals surface area (Å²) >= 11 is 0. The predicted molar refractivity (Wildman–Crippen MR) is 76.0 cm³/mol. The van der Waals surface area contributed by atoms with E-state index in [1.165, 1.54) is 51.4 Å². The van der Waals surface area contributed by atoms with Crippen molar-refractivity contribution in [3.05, 3.63) is 0 Å². The number of nitrogens with one attached hydrogen (secondary N) is 1. The molecule has 1 saturated carbocycles. The molecule has 1 aliphatic carbocycles. The molecule has 0 heterocycles. The molecule has 0 aromatic rings. The molecule has 3 nitrogen and oxygen atoms in total. The molecule has 0 amide bonds. The maximum Gasteiger partial charge on any atom is 0.0587 e. The van der Waals surface area contributed by atoms with E-state index >= 15 is 0 Å². The van der Waals surface area contributed by atoms with Gasteiger partial charge in [0.15, 0.2) is 0 Å². The molecule has 18 heavy (non-hydrogen) atoms. The van der Waals surface area contributed by atoms with E-state index in [-0.39, 0.29) is 0 Å². The highest BCUT2D eigenvalue weighted by atomic mass is 16.5. The Balaban J connectivity index is 1.80. The van der Waals surface area contributed by atoms with Crippen LogP contribution in [0.1, 0.15) is 51.4 Å². The third kappa shape index (κ3) is 8.90. The lowest BCUT2D eigenvalue weighted by molar-refractivity contribution is 0.0910. The Morgan fingerprint density at radius 2 is 1.72 bits per heavy atom. The van der Waals surface area contributed by atoms with E-state index in [0.29, 0.717) is 0 Å². The van der Waals surface area contributed by atoms with E-state index in [0.717, 1.165) is 38.8 Å². The molecule has 0 bridgehead atoms. The minimum atomic E-state index is 0.804. The molecule has 1 rings (SSSR count). The Hall–Kier alpha value is -0.120. The molecule has 1 N–H and O–H groups in total. The van der Waals surface area contributed by atoms with Gasteiger partial charge in [0, 0.05) is 26.9 Å². The van der Waals surface area contributed by atoms with E-state index in [4.69, 9.17) is 9.47 Å². The minimum absolute atomic E-state index is 0.804. The summed E-state index contributed by atoms with van der Waals surface area (Å²) < 4.78 is 10.8. The molecule has 0 aliphatic heterocycles. The van der Waals surface area contributed by atoms with Crippen LogP contribution in [-0.2, 0) is 9.47 Å². The number of unbranched alkanes of at least 4 members (excludes halogenated alkanes) is 1. The van der Waals surface area contributed by atoms with Crippen molar-refractivity contribution in [2.45, 2.75) is 51.4 Å². The Kier molecular flexibility index (Phi) is 10.6. The fourth-order valence-electron chi connectivity index (χ4n) is 2.53. The first kappa shape index (κ1) is 15.9. The molecule has 0 aromatic heterocycles. The van der Waals surface area contributed by atoms with Gasteiger partial charge in [-0.15, -0.1) is 0 Å². The topological polar surface area (TPSA) is 30.5 Å². The summed E-state index contributed by atoms with van der Waals surface area (Å²) in [5, 5.41) is 3.35. The van der Waals surface area contributed by atoms with Gasteiger partial charge in [-0.3, -0.25) is 0 Å². The van der Waals surface area contributed by atoms with E-state index in [2.05, 4.69) is 5.32 Å². The SMILES string of the molecule is COCCNCCCCOCC1CCCCCC1. The first-order valence-corrected chi connectivity index (χ1v) is 7.71. The van der Waals surface area contributed by atoms with Crippen molar-refractivity contribution in [2.75, 3.05) is 40.0 Å². The molecule has 1 aliphatic rings. The quantitative estimate of drug-likeness (QED) is 0.482. The van der Waals surface area contributed by atoms with Crippen molar-refractivity contribution in [1.82, 2.24) is 5.32 Å². The van der Waals surface area contributed by atoms with Crippen LogP contribution in [0.25, 0.3) is 0 Å². The van der Waals surface area contributed by atoms with E-state index in [1.54, 1.807) is 7.11 Å². The Labute approximate surface area is 113 Å². The van der Waals surface area contributed by atoms with Gasteiger partial charge in [0.05, 0.1) is 6.61 Å². The van der Waals surface area contributed by atoms with Crippen LogP contribution in [0.5, 0.6) is 0 Å². The van der Waals surface area contributed by atoms with E-state index in [9.17, 15) is 0 Å². The van der Waals surface area contributed by atoms with E-state index in [1.807, 2.05) is 0 Å².